The maximum atomic E-state index is 13.1. The minimum Gasteiger partial charge on any atom is -0.464 e. The Morgan fingerprint density at radius 2 is 2.11 bits per heavy atom. The van der Waals surface area contributed by atoms with E-state index in [4.69, 9.17) is 9.84 Å². The molecule has 1 aromatic carbocycles. The van der Waals surface area contributed by atoms with Crippen molar-refractivity contribution in [3.8, 4) is 0 Å². The van der Waals surface area contributed by atoms with E-state index in [-0.39, 0.29) is 17.8 Å². The molecule has 0 unspecified atom stereocenters. The lowest BCUT2D eigenvalue weighted by Crippen LogP contribution is -2.13. The maximum absolute atomic E-state index is 13.1. The molecule has 94 valence electrons. The van der Waals surface area contributed by atoms with Gasteiger partial charge in [-0.15, -0.1) is 0 Å². The van der Waals surface area contributed by atoms with Gasteiger partial charge in [0.05, 0.1) is 11.2 Å². The number of hydrogen-bond acceptors (Lipinski definition) is 3. The Morgan fingerprint density at radius 3 is 2.72 bits per heavy atom. The zero-order valence-corrected chi connectivity index (χ0v) is 9.51. The molecule has 2 rings (SSSR count). The molecule has 1 heterocycles. The van der Waals surface area contributed by atoms with Gasteiger partial charge in [-0.2, -0.15) is 0 Å². The number of halogens is 1. The van der Waals surface area contributed by atoms with Gasteiger partial charge in [0.15, 0.2) is 0 Å². The Bertz CT molecular complexity index is 632. The molecule has 0 amide bonds. The molecule has 5 nitrogen and oxygen atoms in total. The first-order valence-electron chi connectivity index (χ1n) is 5.15. The van der Waals surface area contributed by atoms with Crippen LogP contribution in [-0.2, 0) is 16.1 Å². The van der Waals surface area contributed by atoms with Crippen LogP contribution in [0.4, 0.5) is 9.18 Å². The summed E-state index contributed by atoms with van der Waals surface area (Å²) in [4.78, 5) is 21.9. The lowest BCUT2D eigenvalue weighted by Gasteiger charge is -2.05. The molecule has 0 radical (unpaired) electrons. The molecule has 0 saturated carbocycles. The largest absolute Gasteiger partial charge is 0.464 e. The van der Waals surface area contributed by atoms with Gasteiger partial charge in [0.1, 0.15) is 12.4 Å². The van der Waals surface area contributed by atoms with E-state index in [2.05, 4.69) is 0 Å². The topological polar surface area (TPSA) is 68.5 Å². The van der Waals surface area contributed by atoms with E-state index >= 15 is 0 Å². The van der Waals surface area contributed by atoms with Crippen LogP contribution in [0.3, 0.4) is 0 Å². The number of esters is 1. The average Bonchev–Trinajstić information content (AvgIpc) is 2.63. The average molecular weight is 251 g/mol. The third-order valence-electron chi connectivity index (χ3n) is 2.46. The van der Waals surface area contributed by atoms with Crippen molar-refractivity contribution < 1.29 is 23.8 Å². The van der Waals surface area contributed by atoms with E-state index < -0.39 is 17.9 Å². The normalized spacial score (nSPS) is 10.6. The number of hydrogen-bond donors (Lipinski definition) is 1. The predicted octanol–water partition coefficient (Wildman–Crippen LogP) is 2.37. The summed E-state index contributed by atoms with van der Waals surface area (Å²) in [6.45, 7) is 1.06. The molecule has 0 aliphatic heterocycles. The maximum Gasteiger partial charge on any atom is 0.416 e. The second kappa shape index (κ2) is 4.48. The first-order valence-corrected chi connectivity index (χ1v) is 5.15. The van der Waals surface area contributed by atoms with Crippen LogP contribution < -0.4 is 0 Å². The van der Waals surface area contributed by atoms with Gasteiger partial charge in [-0.3, -0.25) is 4.79 Å². The van der Waals surface area contributed by atoms with Crippen molar-refractivity contribution in [3.63, 3.8) is 0 Å². The van der Waals surface area contributed by atoms with Gasteiger partial charge in [0.2, 0.25) is 0 Å². The Labute approximate surface area is 101 Å². The Hall–Kier alpha value is -2.37. The molecular weight excluding hydrogens is 241 g/mol. The predicted molar refractivity (Wildman–Crippen MR) is 60.8 cm³/mol. The van der Waals surface area contributed by atoms with Crippen molar-refractivity contribution in [1.82, 2.24) is 4.57 Å². The van der Waals surface area contributed by atoms with Crippen LogP contribution in [0.2, 0.25) is 0 Å². The molecule has 0 atom stereocenters. The van der Waals surface area contributed by atoms with E-state index in [0.717, 1.165) is 10.6 Å². The van der Waals surface area contributed by atoms with Crippen molar-refractivity contribution in [1.29, 1.82) is 0 Å². The summed E-state index contributed by atoms with van der Waals surface area (Å²) >= 11 is 0. The Morgan fingerprint density at radius 1 is 1.39 bits per heavy atom. The van der Waals surface area contributed by atoms with Crippen molar-refractivity contribution in [2.24, 2.45) is 0 Å². The number of rotatable bonds is 2. The van der Waals surface area contributed by atoms with E-state index in [1.54, 1.807) is 6.07 Å². The van der Waals surface area contributed by atoms with E-state index in [1.807, 2.05) is 0 Å². The lowest BCUT2D eigenvalue weighted by atomic mass is 10.2. The fourth-order valence-electron chi connectivity index (χ4n) is 1.74. The number of carbonyl (C=O) groups is 2. The van der Waals surface area contributed by atoms with Crippen molar-refractivity contribution in [2.75, 3.05) is 0 Å². The highest BCUT2D eigenvalue weighted by atomic mass is 19.1. The summed E-state index contributed by atoms with van der Waals surface area (Å²) in [5, 5.41) is 9.68. The van der Waals surface area contributed by atoms with Gasteiger partial charge in [-0.05, 0) is 24.3 Å². The number of ether oxygens (including phenoxy) is 1. The molecule has 1 aromatic heterocycles. The van der Waals surface area contributed by atoms with Crippen LogP contribution in [0, 0.1) is 5.82 Å². The highest BCUT2D eigenvalue weighted by Crippen LogP contribution is 2.21. The number of carbonyl (C=O) groups excluding carboxylic acids is 1. The van der Waals surface area contributed by atoms with Gasteiger partial charge in [0.25, 0.3) is 0 Å². The molecule has 2 aromatic rings. The zero-order valence-electron chi connectivity index (χ0n) is 9.51. The van der Waals surface area contributed by atoms with Crippen LogP contribution >= 0.6 is 0 Å². The quantitative estimate of drug-likeness (QED) is 0.832. The van der Waals surface area contributed by atoms with Crippen molar-refractivity contribution in [2.45, 2.75) is 13.5 Å². The van der Waals surface area contributed by atoms with Gasteiger partial charge in [0, 0.05) is 12.3 Å². The first kappa shape index (κ1) is 12.1. The van der Waals surface area contributed by atoms with Crippen LogP contribution in [0.15, 0.2) is 24.3 Å². The van der Waals surface area contributed by atoms with Crippen LogP contribution in [0.25, 0.3) is 10.9 Å². The zero-order chi connectivity index (χ0) is 13.3. The number of fused-ring (bicyclic) bond motifs is 1. The second-order valence-corrected chi connectivity index (χ2v) is 3.74. The SMILES string of the molecule is CC(=O)OCc1cc2ccc(F)cc2n1C(=O)O. The van der Waals surface area contributed by atoms with E-state index in [1.165, 1.54) is 19.1 Å². The van der Waals surface area contributed by atoms with Crippen LogP contribution in [0.1, 0.15) is 12.6 Å². The number of benzene rings is 1. The summed E-state index contributed by atoms with van der Waals surface area (Å²) < 4.78 is 18.8. The standard InChI is InChI=1S/C12H10FNO4/c1-7(15)18-6-10-4-8-2-3-9(13)5-11(8)14(10)12(16)17/h2-5H,6H2,1H3,(H,16,17). The molecule has 0 aliphatic carbocycles. The molecule has 0 spiro atoms. The third kappa shape index (κ3) is 2.17. The molecule has 0 bridgehead atoms. The number of nitrogens with zero attached hydrogens (tertiary/aromatic N) is 1. The minimum atomic E-state index is -1.25. The highest BCUT2D eigenvalue weighted by Gasteiger charge is 2.15. The summed E-state index contributed by atoms with van der Waals surface area (Å²) in [5.41, 5.74) is 0.503. The lowest BCUT2D eigenvalue weighted by molar-refractivity contribution is -0.142. The fourth-order valence-corrected chi connectivity index (χ4v) is 1.74. The highest BCUT2D eigenvalue weighted by molar-refractivity contribution is 5.90. The first-order chi connectivity index (χ1) is 8.49. The molecule has 6 heteroatoms. The molecule has 1 N–H and O–H groups in total. The van der Waals surface area contributed by atoms with Gasteiger partial charge in [-0.25, -0.2) is 13.8 Å². The van der Waals surface area contributed by atoms with Crippen molar-refractivity contribution in [3.05, 3.63) is 35.8 Å². The molecule has 0 aliphatic rings. The monoisotopic (exact) mass is 251 g/mol. The second-order valence-electron chi connectivity index (χ2n) is 3.74. The number of carboxylic acid groups (broad SMARTS) is 1. The van der Waals surface area contributed by atoms with E-state index in [9.17, 15) is 14.0 Å². The Balaban J connectivity index is 2.54. The minimum absolute atomic E-state index is 0.169. The van der Waals surface area contributed by atoms with Gasteiger partial charge in [-0.1, -0.05) is 0 Å². The molecular formula is C12H10FNO4. The molecule has 18 heavy (non-hydrogen) atoms. The number of aromatic nitrogens is 1. The van der Waals surface area contributed by atoms with Gasteiger partial charge < -0.3 is 9.84 Å². The third-order valence-corrected chi connectivity index (χ3v) is 2.46. The summed E-state index contributed by atoms with van der Waals surface area (Å²) in [5.74, 6) is -1.04. The summed E-state index contributed by atoms with van der Waals surface area (Å²) in [7, 11) is 0. The summed E-state index contributed by atoms with van der Waals surface area (Å²) in [6.07, 6.45) is -1.25. The van der Waals surface area contributed by atoms with Gasteiger partial charge >= 0.3 is 12.1 Å². The molecule has 0 fully saturated rings. The smallest absolute Gasteiger partial charge is 0.416 e. The van der Waals surface area contributed by atoms with Crippen molar-refractivity contribution >= 4 is 23.0 Å². The Kier molecular flexibility index (Phi) is 3.01. The van der Waals surface area contributed by atoms with Crippen LogP contribution in [0.5, 0.6) is 0 Å². The molecule has 0 saturated heterocycles. The van der Waals surface area contributed by atoms with Crippen LogP contribution in [-0.4, -0.2) is 21.7 Å². The summed E-state index contributed by atoms with van der Waals surface area (Å²) in [6, 6.07) is 5.39. The fraction of sp³-hybridized carbons (Fsp3) is 0.167. The van der Waals surface area contributed by atoms with E-state index in [0.29, 0.717) is 5.39 Å².